The van der Waals surface area contributed by atoms with Crippen molar-refractivity contribution in [3.8, 4) is 17.1 Å². The van der Waals surface area contributed by atoms with E-state index in [2.05, 4.69) is 9.97 Å². The van der Waals surface area contributed by atoms with Gasteiger partial charge in [0.2, 0.25) is 0 Å². The lowest BCUT2D eigenvalue weighted by Gasteiger charge is -2.07. The zero-order chi connectivity index (χ0) is 15.8. The number of hydrogen-bond acceptors (Lipinski definition) is 4. The number of aromatic nitrogens is 3. The van der Waals surface area contributed by atoms with E-state index in [0.29, 0.717) is 11.5 Å². The van der Waals surface area contributed by atoms with Gasteiger partial charge in [-0.2, -0.15) is 0 Å². The van der Waals surface area contributed by atoms with Gasteiger partial charge in [0.15, 0.2) is 17.2 Å². The Bertz CT molecular complexity index is 989. The highest BCUT2D eigenvalue weighted by molar-refractivity contribution is 5.89. The molecule has 4 rings (SSSR count). The Morgan fingerprint density at radius 3 is 2.57 bits per heavy atom. The monoisotopic (exact) mass is 305 g/mol. The summed E-state index contributed by atoms with van der Waals surface area (Å²) < 4.78 is 7.08. The van der Waals surface area contributed by atoms with Crippen LogP contribution in [0.1, 0.15) is 10.5 Å². The lowest BCUT2D eigenvalue weighted by molar-refractivity contribution is 0.0691. The number of carboxylic acid groups (broad SMARTS) is 1. The van der Waals surface area contributed by atoms with Crippen molar-refractivity contribution in [2.75, 3.05) is 0 Å². The molecular formula is C17H11N3O3. The Morgan fingerprint density at radius 1 is 1.04 bits per heavy atom. The van der Waals surface area contributed by atoms with Gasteiger partial charge in [0.1, 0.15) is 6.26 Å². The van der Waals surface area contributed by atoms with Gasteiger partial charge in [0, 0.05) is 5.69 Å². The summed E-state index contributed by atoms with van der Waals surface area (Å²) in [5.74, 6) is -0.430. The number of hydrogen-bond donors (Lipinski definition) is 1. The van der Waals surface area contributed by atoms with Crippen molar-refractivity contribution in [2.24, 2.45) is 0 Å². The molecule has 112 valence electrons. The molecule has 0 fully saturated rings. The van der Waals surface area contributed by atoms with E-state index in [0.717, 1.165) is 16.8 Å². The summed E-state index contributed by atoms with van der Waals surface area (Å²) in [6.07, 6.45) is 3.17. The molecule has 6 heteroatoms. The van der Waals surface area contributed by atoms with Crippen LogP contribution in [0.3, 0.4) is 0 Å². The third-order valence-electron chi connectivity index (χ3n) is 3.53. The number of para-hydroxylation sites is 1. The van der Waals surface area contributed by atoms with E-state index in [-0.39, 0.29) is 5.69 Å². The van der Waals surface area contributed by atoms with Crippen molar-refractivity contribution < 1.29 is 14.3 Å². The van der Waals surface area contributed by atoms with Crippen LogP contribution in [0.15, 0.2) is 65.5 Å². The molecule has 4 aromatic rings. The Labute approximate surface area is 130 Å². The number of nitrogens with zero attached hydrogens (tertiary/aromatic N) is 3. The SMILES string of the molecule is O=C(O)c1ccc2c(n1)nc(-c1ccoc1)n2-c1ccccc1. The molecule has 0 atom stereocenters. The molecule has 0 saturated carbocycles. The number of benzene rings is 1. The number of imidazole rings is 1. The molecule has 3 aromatic heterocycles. The fourth-order valence-corrected chi connectivity index (χ4v) is 2.51. The van der Waals surface area contributed by atoms with Crippen LogP contribution < -0.4 is 0 Å². The highest BCUT2D eigenvalue weighted by atomic mass is 16.4. The lowest BCUT2D eigenvalue weighted by atomic mass is 10.2. The van der Waals surface area contributed by atoms with Gasteiger partial charge in [-0.15, -0.1) is 0 Å². The summed E-state index contributed by atoms with van der Waals surface area (Å²) >= 11 is 0. The molecule has 0 aliphatic carbocycles. The quantitative estimate of drug-likeness (QED) is 0.627. The normalized spacial score (nSPS) is 11.0. The number of fused-ring (bicyclic) bond motifs is 1. The van der Waals surface area contributed by atoms with Gasteiger partial charge in [-0.3, -0.25) is 4.57 Å². The van der Waals surface area contributed by atoms with Crippen LogP contribution in [0.25, 0.3) is 28.2 Å². The van der Waals surface area contributed by atoms with Gasteiger partial charge in [0.05, 0.1) is 17.3 Å². The van der Waals surface area contributed by atoms with Crippen LogP contribution in [0.5, 0.6) is 0 Å². The summed E-state index contributed by atoms with van der Waals surface area (Å²) in [6.45, 7) is 0. The van der Waals surface area contributed by atoms with Crippen molar-refractivity contribution in [3.05, 3.63) is 66.8 Å². The van der Waals surface area contributed by atoms with Crippen molar-refractivity contribution in [1.29, 1.82) is 0 Å². The van der Waals surface area contributed by atoms with Crippen LogP contribution in [0.2, 0.25) is 0 Å². The first-order chi connectivity index (χ1) is 11.2. The van der Waals surface area contributed by atoms with Crippen LogP contribution in [0.4, 0.5) is 0 Å². The standard InChI is InChI=1S/C17H11N3O3/c21-17(22)13-6-7-14-15(18-13)19-16(11-8-9-23-10-11)20(14)12-4-2-1-3-5-12/h1-10H,(H,21,22). The minimum atomic E-state index is -1.08. The average Bonchev–Trinajstić information content (AvgIpc) is 3.22. The number of aromatic carboxylic acids is 1. The van der Waals surface area contributed by atoms with Crippen LogP contribution in [0, 0.1) is 0 Å². The van der Waals surface area contributed by atoms with E-state index in [1.807, 2.05) is 34.9 Å². The molecule has 0 saturated heterocycles. The summed E-state index contributed by atoms with van der Waals surface area (Å²) in [5, 5.41) is 9.11. The summed E-state index contributed by atoms with van der Waals surface area (Å²) in [6, 6.07) is 14.7. The van der Waals surface area contributed by atoms with E-state index in [4.69, 9.17) is 9.52 Å². The van der Waals surface area contributed by atoms with E-state index in [1.165, 1.54) is 6.07 Å². The molecule has 3 heterocycles. The minimum Gasteiger partial charge on any atom is -0.477 e. The van der Waals surface area contributed by atoms with E-state index in [9.17, 15) is 4.79 Å². The molecule has 0 aliphatic heterocycles. The molecule has 0 aliphatic rings. The number of pyridine rings is 1. The van der Waals surface area contributed by atoms with Gasteiger partial charge in [0.25, 0.3) is 0 Å². The fourth-order valence-electron chi connectivity index (χ4n) is 2.51. The molecule has 0 bridgehead atoms. The maximum atomic E-state index is 11.1. The smallest absolute Gasteiger partial charge is 0.354 e. The maximum Gasteiger partial charge on any atom is 0.354 e. The highest BCUT2D eigenvalue weighted by Gasteiger charge is 2.17. The molecular weight excluding hydrogens is 294 g/mol. The Balaban J connectivity index is 2.05. The molecule has 0 spiro atoms. The Hall–Kier alpha value is -3.41. The number of carboxylic acids is 1. The van der Waals surface area contributed by atoms with Crippen LogP contribution in [-0.2, 0) is 0 Å². The van der Waals surface area contributed by atoms with Gasteiger partial charge in [-0.25, -0.2) is 14.8 Å². The molecule has 6 nitrogen and oxygen atoms in total. The average molecular weight is 305 g/mol. The zero-order valence-electron chi connectivity index (χ0n) is 11.9. The minimum absolute atomic E-state index is 0.0334. The molecule has 0 unspecified atom stereocenters. The number of rotatable bonds is 3. The summed E-state index contributed by atoms with van der Waals surface area (Å²) in [7, 11) is 0. The van der Waals surface area contributed by atoms with Gasteiger partial charge >= 0.3 is 5.97 Å². The molecule has 0 radical (unpaired) electrons. The lowest BCUT2D eigenvalue weighted by Crippen LogP contribution is -2.00. The first kappa shape index (κ1) is 13.3. The molecule has 1 N–H and O–H groups in total. The second-order valence-corrected chi connectivity index (χ2v) is 4.96. The second kappa shape index (κ2) is 5.10. The maximum absolute atomic E-state index is 11.1. The highest BCUT2D eigenvalue weighted by Crippen LogP contribution is 2.28. The van der Waals surface area contributed by atoms with E-state index < -0.39 is 5.97 Å². The largest absolute Gasteiger partial charge is 0.477 e. The molecule has 0 amide bonds. The first-order valence-electron chi connectivity index (χ1n) is 6.95. The predicted molar refractivity (Wildman–Crippen MR) is 83.5 cm³/mol. The zero-order valence-corrected chi connectivity index (χ0v) is 11.9. The predicted octanol–water partition coefficient (Wildman–Crippen LogP) is 3.38. The Kier molecular flexibility index (Phi) is 2.94. The van der Waals surface area contributed by atoms with Crippen molar-refractivity contribution in [3.63, 3.8) is 0 Å². The number of furan rings is 1. The molecule has 23 heavy (non-hydrogen) atoms. The number of carbonyl (C=O) groups is 1. The van der Waals surface area contributed by atoms with E-state index >= 15 is 0 Å². The van der Waals surface area contributed by atoms with Gasteiger partial charge < -0.3 is 9.52 Å². The van der Waals surface area contributed by atoms with Crippen molar-refractivity contribution >= 4 is 17.1 Å². The van der Waals surface area contributed by atoms with Crippen LogP contribution >= 0.6 is 0 Å². The third kappa shape index (κ3) is 2.17. The summed E-state index contributed by atoms with van der Waals surface area (Å²) in [4.78, 5) is 19.8. The topological polar surface area (TPSA) is 81.2 Å². The second-order valence-electron chi connectivity index (χ2n) is 4.96. The van der Waals surface area contributed by atoms with Crippen molar-refractivity contribution in [1.82, 2.24) is 14.5 Å². The third-order valence-corrected chi connectivity index (χ3v) is 3.53. The molecule has 1 aromatic carbocycles. The fraction of sp³-hybridized carbons (Fsp3) is 0. The van der Waals surface area contributed by atoms with E-state index in [1.54, 1.807) is 24.7 Å². The van der Waals surface area contributed by atoms with Crippen LogP contribution in [-0.4, -0.2) is 25.6 Å². The van der Waals surface area contributed by atoms with Gasteiger partial charge in [-0.05, 0) is 30.3 Å². The summed E-state index contributed by atoms with van der Waals surface area (Å²) in [5.41, 5.74) is 2.79. The Morgan fingerprint density at radius 2 is 1.87 bits per heavy atom. The van der Waals surface area contributed by atoms with Crippen molar-refractivity contribution in [2.45, 2.75) is 0 Å². The van der Waals surface area contributed by atoms with Gasteiger partial charge in [-0.1, -0.05) is 18.2 Å². The first-order valence-corrected chi connectivity index (χ1v) is 6.95.